The highest BCUT2D eigenvalue weighted by molar-refractivity contribution is 6.01. The zero-order chi connectivity index (χ0) is 16.4. The lowest BCUT2D eigenvalue weighted by atomic mass is 9.98. The summed E-state index contributed by atoms with van der Waals surface area (Å²) in [5.41, 5.74) is 7.27. The van der Waals surface area contributed by atoms with E-state index in [0.717, 1.165) is 24.1 Å². The quantitative estimate of drug-likeness (QED) is 0.772. The van der Waals surface area contributed by atoms with Gasteiger partial charge >= 0.3 is 0 Å². The molecule has 3 rings (SSSR count). The molecule has 1 aromatic carbocycles. The molecule has 1 aliphatic heterocycles. The molecule has 3 nitrogen and oxygen atoms in total. The third-order valence-corrected chi connectivity index (χ3v) is 4.85. The van der Waals surface area contributed by atoms with Crippen LogP contribution in [0.15, 0.2) is 64.3 Å². The fourth-order valence-electron chi connectivity index (χ4n) is 3.20. The molecule has 1 heterocycles. The van der Waals surface area contributed by atoms with Gasteiger partial charge in [0, 0.05) is 18.8 Å². The van der Waals surface area contributed by atoms with Crippen LogP contribution in [0.1, 0.15) is 26.7 Å². The molecule has 0 unspecified atom stereocenters. The molecule has 1 amide bonds. The second kappa shape index (κ2) is 6.55. The van der Waals surface area contributed by atoms with E-state index in [1.807, 2.05) is 37.4 Å². The van der Waals surface area contributed by atoms with Gasteiger partial charge in [-0.15, -0.1) is 0 Å². The third kappa shape index (κ3) is 3.15. The maximum atomic E-state index is 12.6. The number of hydrogen-bond donors (Lipinski definition) is 0. The molecule has 120 valence electrons. The van der Waals surface area contributed by atoms with Crippen LogP contribution in [0.2, 0.25) is 0 Å². The lowest BCUT2D eigenvalue weighted by Crippen LogP contribution is -2.24. The van der Waals surface area contributed by atoms with E-state index in [1.165, 1.54) is 22.3 Å². The van der Waals surface area contributed by atoms with Crippen molar-refractivity contribution in [2.45, 2.75) is 26.7 Å². The van der Waals surface area contributed by atoms with Gasteiger partial charge in [0.25, 0.3) is 5.91 Å². The van der Waals surface area contributed by atoms with Crippen LogP contribution in [0.3, 0.4) is 0 Å². The zero-order valence-electron chi connectivity index (χ0n) is 14.1. The fourth-order valence-corrected chi connectivity index (χ4v) is 3.20. The van der Waals surface area contributed by atoms with E-state index in [1.54, 1.807) is 11.0 Å². The number of ether oxygens (including phenoxy) is 1. The van der Waals surface area contributed by atoms with Gasteiger partial charge in [0.1, 0.15) is 0 Å². The van der Waals surface area contributed by atoms with E-state index in [-0.39, 0.29) is 5.91 Å². The first-order chi connectivity index (χ1) is 11.1. The van der Waals surface area contributed by atoms with Gasteiger partial charge in [-0.1, -0.05) is 23.8 Å². The number of allylic oxidation sites excluding steroid dienone is 3. The van der Waals surface area contributed by atoms with Gasteiger partial charge < -0.3 is 9.64 Å². The molecule has 2 aliphatic rings. The molecule has 1 fully saturated rings. The molecule has 1 aromatic rings. The van der Waals surface area contributed by atoms with Gasteiger partial charge in [-0.25, -0.2) is 0 Å². The summed E-state index contributed by atoms with van der Waals surface area (Å²) in [5.74, 6) is 0.0196. The average molecular weight is 309 g/mol. The summed E-state index contributed by atoms with van der Waals surface area (Å²) in [6.07, 6.45) is 3.70. The van der Waals surface area contributed by atoms with Crippen LogP contribution in [-0.2, 0) is 9.53 Å². The average Bonchev–Trinajstić information content (AvgIpc) is 3.03. The molecule has 23 heavy (non-hydrogen) atoms. The van der Waals surface area contributed by atoms with Crippen molar-refractivity contribution < 1.29 is 9.53 Å². The number of benzene rings is 1. The SMILES string of the molecule is CC1=C2COCC2=C(C)/C(=C\C(=O)N(C)c2ccccc2)CC1. The maximum Gasteiger partial charge on any atom is 0.250 e. The molecule has 0 radical (unpaired) electrons. The van der Waals surface area contributed by atoms with E-state index < -0.39 is 0 Å². The summed E-state index contributed by atoms with van der Waals surface area (Å²) in [7, 11) is 1.82. The number of para-hydroxylation sites is 1. The summed E-state index contributed by atoms with van der Waals surface area (Å²) in [5, 5.41) is 0. The van der Waals surface area contributed by atoms with Crippen molar-refractivity contribution in [3.05, 3.63) is 64.3 Å². The highest BCUT2D eigenvalue weighted by Gasteiger charge is 2.24. The Morgan fingerprint density at radius 2 is 1.78 bits per heavy atom. The monoisotopic (exact) mass is 309 g/mol. The second-order valence-corrected chi connectivity index (χ2v) is 6.26. The van der Waals surface area contributed by atoms with Crippen LogP contribution in [-0.4, -0.2) is 26.2 Å². The van der Waals surface area contributed by atoms with E-state index in [2.05, 4.69) is 13.8 Å². The van der Waals surface area contributed by atoms with E-state index in [9.17, 15) is 4.79 Å². The van der Waals surface area contributed by atoms with Crippen molar-refractivity contribution in [1.29, 1.82) is 0 Å². The number of nitrogens with zero attached hydrogens (tertiary/aromatic N) is 1. The molecule has 0 bridgehead atoms. The van der Waals surface area contributed by atoms with Gasteiger partial charge in [-0.2, -0.15) is 0 Å². The first-order valence-electron chi connectivity index (χ1n) is 8.08. The van der Waals surface area contributed by atoms with E-state index in [0.29, 0.717) is 13.2 Å². The Morgan fingerprint density at radius 3 is 2.52 bits per heavy atom. The molecule has 0 atom stereocenters. The van der Waals surface area contributed by atoms with Crippen molar-refractivity contribution in [1.82, 2.24) is 0 Å². The van der Waals surface area contributed by atoms with Crippen LogP contribution >= 0.6 is 0 Å². The molecule has 0 spiro atoms. The highest BCUT2D eigenvalue weighted by atomic mass is 16.5. The molecule has 1 aliphatic carbocycles. The Kier molecular flexibility index (Phi) is 4.49. The van der Waals surface area contributed by atoms with Crippen molar-refractivity contribution >= 4 is 11.6 Å². The fraction of sp³-hybridized carbons (Fsp3) is 0.350. The predicted octanol–water partition coefficient (Wildman–Crippen LogP) is 4.03. The molecular formula is C20H23NO2. The summed E-state index contributed by atoms with van der Waals surface area (Å²) in [4.78, 5) is 14.3. The minimum Gasteiger partial charge on any atom is -0.372 e. The van der Waals surface area contributed by atoms with Crippen molar-refractivity contribution in [2.75, 3.05) is 25.2 Å². The molecular weight excluding hydrogens is 286 g/mol. The lowest BCUT2D eigenvalue weighted by Gasteiger charge is -2.16. The van der Waals surface area contributed by atoms with Gasteiger partial charge in [0.15, 0.2) is 0 Å². The number of rotatable bonds is 2. The van der Waals surface area contributed by atoms with Crippen LogP contribution in [0, 0.1) is 0 Å². The number of amides is 1. The van der Waals surface area contributed by atoms with Crippen LogP contribution in [0.25, 0.3) is 0 Å². The largest absolute Gasteiger partial charge is 0.372 e. The first kappa shape index (κ1) is 15.8. The minimum atomic E-state index is 0.0196. The lowest BCUT2D eigenvalue weighted by molar-refractivity contribution is -0.113. The predicted molar refractivity (Wildman–Crippen MR) is 93.4 cm³/mol. The zero-order valence-corrected chi connectivity index (χ0v) is 14.1. The van der Waals surface area contributed by atoms with Gasteiger partial charge in [0.2, 0.25) is 0 Å². The number of hydrogen-bond acceptors (Lipinski definition) is 2. The first-order valence-corrected chi connectivity index (χ1v) is 8.08. The number of carbonyl (C=O) groups excluding carboxylic acids is 1. The number of likely N-dealkylation sites (N-methyl/N-ethyl adjacent to an activating group) is 1. The van der Waals surface area contributed by atoms with E-state index >= 15 is 0 Å². The molecule has 0 saturated carbocycles. The molecule has 3 heteroatoms. The molecule has 0 N–H and O–H groups in total. The van der Waals surface area contributed by atoms with Gasteiger partial charge in [-0.05, 0) is 61.1 Å². The van der Waals surface area contributed by atoms with Crippen molar-refractivity contribution in [3.63, 3.8) is 0 Å². The number of anilines is 1. The van der Waals surface area contributed by atoms with Crippen LogP contribution in [0.5, 0.6) is 0 Å². The smallest absolute Gasteiger partial charge is 0.250 e. The summed E-state index contributed by atoms with van der Waals surface area (Å²) < 4.78 is 5.62. The standard InChI is InChI=1S/C20H23NO2/c1-14-9-10-16(15(2)19-13-23-12-18(14)19)11-20(22)21(3)17-7-5-4-6-8-17/h4-8,11H,9-10,12-13H2,1-3H3/b16-11-. The van der Waals surface area contributed by atoms with Crippen molar-refractivity contribution in [2.24, 2.45) is 0 Å². The van der Waals surface area contributed by atoms with Crippen molar-refractivity contribution in [3.8, 4) is 0 Å². The maximum absolute atomic E-state index is 12.6. The topological polar surface area (TPSA) is 29.5 Å². The summed E-state index contributed by atoms with van der Waals surface area (Å²) >= 11 is 0. The Morgan fingerprint density at radius 1 is 1.09 bits per heavy atom. The highest BCUT2D eigenvalue weighted by Crippen LogP contribution is 2.35. The Bertz CT molecular complexity index is 710. The normalized spacial score (nSPS) is 19.9. The van der Waals surface area contributed by atoms with Gasteiger partial charge in [-0.3, -0.25) is 4.79 Å². The minimum absolute atomic E-state index is 0.0196. The Balaban J connectivity index is 1.88. The van der Waals surface area contributed by atoms with Crippen LogP contribution in [0.4, 0.5) is 5.69 Å². The van der Waals surface area contributed by atoms with E-state index in [4.69, 9.17) is 4.74 Å². The summed E-state index contributed by atoms with van der Waals surface area (Å²) in [6, 6.07) is 9.74. The van der Waals surface area contributed by atoms with Crippen LogP contribution < -0.4 is 4.90 Å². The Hall–Kier alpha value is -2.13. The molecule has 1 saturated heterocycles. The second-order valence-electron chi connectivity index (χ2n) is 6.26. The summed E-state index contributed by atoms with van der Waals surface area (Å²) in [6.45, 7) is 5.67. The number of fused-ring (bicyclic) bond motifs is 1. The number of carbonyl (C=O) groups is 1. The Labute approximate surface area is 137 Å². The third-order valence-electron chi connectivity index (χ3n) is 4.85. The molecule has 0 aromatic heterocycles. The van der Waals surface area contributed by atoms with Gasteiger partial charge in [0.05, 0.1) is 13.2 Å².